The maximum atomic E-state index is 11.2. The van der Waals surface area contributed by atoms with Gasteiger partial charge in [-0.25, -0.2) is 0 Å². The average Bonchev–Trinajstić information content (AvgIpc) is 2.69. The van der Waals surface area contributed by atoms with Gasteiger partial charge in [0.2, 0.25) is 5.52 Å². The monoisotopic (exact) mass is 200 g/mol. The highest BCUT2D eigenvalue weighted by atomic mass is 16.7. The molecule has 76 valence electrons. The first-order valence-corrected chi connectivity index (χ1v) is 3.74. The molecule has 2 aromatic heterocycles. The van der Waals surface area contributed by atoms with Gasteiger partial charge in [-0.05, 0) is 4.85 Å². The Morgan fingerprint density at radius 1 is 1.50 bits per heavy atom. The van der Waals surface area contributed by atoms with Crippen molar-refractivity contribution < 1.29 is 23.9 Å². The molecule has 0 unspecified atom stereocenters. The third-order valence-electron chi connectivity index (χ3n) is 1.84. The molecule has 0 spiro atoms. The standard InChI is InChI=1S/C7H8N2O5/c1-12-5-3-4-6(14-5)7(13-2)9(11)8(4)10/h3,10H,1-2H3. The summed E-state index contributed by atoms with van der Waals surface area (Å²) in [6, 6.07) is 1.38. The van der Waals surface area contributed by atoms with Gasteiger partial charge in [-0.1, -0.05) is 0 Å². The van der Waals surface area contributed by atoms with E-state index in [1.807, 2.05) is 0 Å². The fourth-order valence-corrected chi connectivity index (χ4v) is 1.20. The van der Waals surface area contributed by atoms with E-state index in [9.17, 15) is 10.4 Å². The molecule has 0 fully saturated rings. The Kier molecular flexibility index (Phi) is 1.66. The minimum atomic E-state index is -0.120. The van der Waals surface area contributed by atoms with Gasteiger partial charge >= 0.3 is 5.88 Å². The van der Waals surface area contributed by atoms with Crippen LogP contribution in [0.2, 0.25) is 0 Å². The Hall–Kier alpha value is -2.05. The quantitative estimate of drug-likeness (QED) is 0.423. The van der Waals surface area contributed by atoms with Gasteiger partial charge in [0.05, 0.1) is 20.3 Å². The number of fused-ring (bicyclic) bond motifs is 1. The second kappa shape index (κ2) is 2.72. The van der Waals surface area contributed by atoms with E-state index in [1.54, 1.807) is 0 Å². The molecule has 2 rings (SSSR count). The predicted octanol–water partition coefficient (Wildman–Crippen LogP) is 0.122. The van der Waals surface area contributed by atoms with E-state index >= 15 is 0 Å². The first kappa shape index (κ1) is 8.54. The summed E-state index contributed by atoms with van der Waals surface area (Å²) >= 11 is 0. The molecule has 0 saturated carbocycles. The highest BCUT2D eigenvalue weighted by Gasteiger charge is 2.27. The molecule has 0 aromatic carbocycles. The molecular weight excluding hydrogens is 192 g/mol. The summed E-state index contributed by atoms with van der Waals surface area (Å²) in [6.07, 6.45) is 0. The summed E-state index contributed by atoms with van der Waals surface area (Å²) < 4.78 is 14.6. The van der Waals surface area contributed by atoms with Crippen molar-refractivity contribution in [2.24, 2.45) is 0 Å². The molecule has 0 amide bonds. The molecule has 2 aromatic rings. The average molecular weight is 200 g/mol. The predicted molar refractivity (Wildman–Crippen MR) is 43.5 cm³/mol. The Morgan fingerprint density at radius 2 is 2.21 bits per heavy atom. The summed E-state index contributed by atoms with van der Waals surface area (Å²) in [4.78, 5) is 0.549. The highest BCUT2D eigenvalue weighted by Crippen LogP contribution is 2.29. The van der Waals surface area contributed by atoms with Crippen molar-refractivity contribution in [2.75, 3.05) is 14.2 Å². The molecule has 1 N–H and O–H groups in total. The number of furan rings is 1. The molecule has 0 aliphatic rings. The Labute approximate surface area is 78.2 Å². The molecule has 14 heavy (non-hydrogen) atoms. The van der Waals surface area contributed by atoms with Gasteiger partial charge in [-0.3, -0.25) is 0 Å². The lowest BCUT2D eigenvalue weighted by Gasteiger charge is -1.96. The van der Waals surface area contributed by atoms with Gasteiger partial charge in [0.25, 0.3) is 11.5 Å². The van der Waals surface area contributed by atoms with Crippen LogP contribution in [0.25, 0.3) is 11.1 Å². The zero-order valence-corrected chi connectivity index (χ0v) is 7.55. The zero-order valence-electron chi connectivity index (χ0n) is 7.55. The molecule has 0 atom stereocenters. The third kappa shape index (κ3) is 0.889. The minimum absolute atomic E-state index is 0.120. The zero-order chi connectivity index (χ0) is 10.3. The van der Waals surface area contributed by atoms with Crippen LogP contribution in [-0.4, -0.2) is 24.3 Å². The first-order chi connectivity index (χ1) is 6.69. The van der Waals surface area contributed by atoms with Crippen LogP contribution in [0.3, 0.4) is 0 Å². The molecule has 0 aliphatic carbocycles. The van der Waals surface area contributed by atoms with E-state index in [-0.39, 0.29) is 27.8 Å². The molecule has 0 radical (unpaired) electrons. The lowest BCUT2D eigenvalue weighted by molar-refractivity contribution is -0.726. The molecule has 7 nitrogen and oxygen atoms in total. The molecule has 2 heterocycles. The van der Waals surface area contributed by atoms with Crippen molar-refractivity contribution >= 4 is 11.1 Å². The van der Waals surface area contributed by atoms with Gasteiger partial charge in [0.1, 0.15) is 0 Å². The van der Waals surface area contributed by atoms with Crippen molar-refractivity contribution in [1.82, 2.24) is 4.85 Å². The molecule has 7 heteroatoms. The smallest absolute Gasteiger partial charge is 0.453 e. The van der Waals surface area contributed by atoms with E-state index in [4.69, 9.17) is 13.9 Å². The van der Waals surface area contributed by atoms with Gasteiger partial charge in [0.15, 0.2) is 0 Å². The Balaban J connectivity index is 2.76. The number of ether oxygens (including phenoxy) is 2. The van der Waals surface area contributed by atoms with Crippen molar-refractivity contribution in [3.63, 3.8) is 0 Å². The Morgan fingerprint density at radius 3 is 2.79 bits per heavy atom. The number of hydrogen-bond donors (Lipinski definition) is 1. The van der Waals surface area contributed by atoms with Crippen LogP contribution in [0.1, 0.15) is 0 Å². The van der Waals surface area contributed by atoms with Gasteiger partial charge in [-0.15, -0.1) is 0 Å². The van der Waals surface area contributed by atoms with E-state index in [2.05, 4.69) is 0 Å². The topological polar surface area (TPSA) is 83.7 Å². The van der Waals surface area contributed by atoms with Crippen molar-refractivity contribution in [3.8, 4) is 11.8 Å². The maximum Gasteiger partial charge on any atom is 0.453 e. The van der Waals surface area contributed by atoms with E-state index in [0.717, 1.165) is 0 Å². The lowest BCUT2D eigenvalue weighted by Crippen LogP contribution is -2.36. The van der Waals surface area contributed by atoms with Crippen molar-refractivity contribution in [2.45, 2.75) is 0 Å². The van der Waals surface area contributed by atoms with Crippen LogP contribution in [-0.2, 0) is 0 Å². The largest absolute Gasteiger partial charge is 0.591 e. The summed E-state index contributed by atoms with van der Waals surface area (Å²) in [7, 11) is 2.72. The third-order valence-corrected chi connectivity index (χ3v) is 1.84. The lowest BCUT2D eigenvalue weighted by atomic mass is 10.5. The number of nitrogens with zero attached hydrogens (tertiary/aromatic N) is 2. The van der Waals surface area contributed by atoms with Crippen LogP contribution < -0.4 is 14.3 Å². The second-order valence-corrected chi connectivity index (χ2v) is 2.56. The normalized spacial score (nSPS) is 10.7. The van der Waals surface area contributed by atoms with Crippen LogP contribution in [0, 0.1) is 5.21 Å². The Bertz CT molecular complexity index is 472. The molecule has 0 saturated heterocycles. The van der Waals surface area contributed by atoms with Gasteiger partial charge in [-0.2, -0.15) is 0 Å². The number of aromatic nitrogens is 2. The highest BCUT2D eigenvalue weighted by molar-refractivity contribution is 5.78. The van der Waals surface area contributed by atoms with E-state index in [0.29, 0.717) is 4.85 Å². The summed E-state index contributed by atoms with van der Waals surface area (Å²) in [5.74, 6) is 0.0718. The summed E-state index contributed by atoms with van der Waals surface area (Å²) in [5.41, 5.74) is 0.329. The van der Waals surface area contributed by atoms with Gasteiger partial charge < -0.3 is 24.3 Å². The number of rotatable bonds is 2. The van der Waals surface area contributed by atoms with Crippen molar-refractivity contribution in [3.05, 3.63) is 11.3 Å². The minimum Gasteiger partial charge on any atom is -0.591 e. The fourth-order valence-electron chi connectivity index (χ4n) is 1.20. The molecule has 0 bridgehead atoms. The van der Waals surface area contributed by atoms with Crippen LogP contribution in [0.4, 0.5) is 0 Å². The van der Waals surface area contributed by atoms with Crippen LogP contribution in [0.5, 0.6) is 11.8 Å². The van der Waals surface area contributed by atoms with Gasteiger partial charge in [0, 0.05) is 4.85 Å². The summed E-state index contributed by atoms with van der Waals surface area (Å²) in [6.45, 7) is 0. The second-order valence-electron chi connectivity index (χ2n) is 2.56. The summed E-state index contributed by atoms with van der Waals surface area (Å²) in [5, 5.41) is 20.5. The number of hydrogen-bond acceptors (Lipinski definition) is 5. The van der Waals surface area contributed by atoms with E-state index in [1.165, 1.54) is 20.3 Å². The molecule has 0 aliphatic heterocycles. The van der Waals surface area contributed by atoms with Crippen LogP contribution >= 0.6 is 0 Å². The number of methoxy groups -OCH3 is 2. The van der Waals surface area contributed by atoms with E-state index < -0.39 is 0 Å². The fraction of sp³-hybridized carbons (Fsp3) is 0.286. The van der Waals surface area contributed by atoms with Crippen LogP contribution in [0.15, 0.2) is 10.5 Å². The first-order valence-electron chi connectivity index (χ1n) is 3.74. The SMILES string of the molecule is COc1cc2c(o1)c(OC)[n+]([O-])n2O. The molecular formula is C7H8N2O5. The van der Waals surface area contributed by atoms with Crippen molar-refractivity contribution in [1.29, 1.82) is 0 Å². The maximum absolute atomic E-state index is 11.2.